The Kier molecular flexibility index (Phi) is 9.39. The van der Waals surface area contributed by atoms with Gasteiger partial charge in [0.2, 0.25) is 17.7 Å². The molecule has 1 aromatic carbocycles. The van der Waals surface area contributed by atoms with Gasteiger partial charge < -0.3 is 36.8 Å². The van der Waals surface area contributed by atoms with Crippen LogP contribution in [0.15, 0.2) is 43.0 Å². The lowest BCUT2D eigenvalue weighted by Gasteiger charge is -2.25. The number of aromatic nitrogens is 3. The molecule has 3 aromatic rings. The van der Waals surface area contributed by atoms with Crippen molar-refractivity contribution >= 4 is 34.6 Å². The lowest BCUT2D eigenvalue weighted by molar-refractivity contribution is -0.142. The molecule has 12 nitrogen and oxygen atoms in total. The van der Waals surface area contributed by atoms with Gasteiger partial charge in [0.1, 0.15) is 18.1 Å². The number of carbonyl (C=O) groups excluding carboxylic acids is 3. The topological polar surface area (TPSA) is 195 Å². The number of nitrogens with one attached hydrogen (secondary N) is 5. The van der Waals surface area contributed by atoms with Crippen molar-refractivity contribution < 1.29 is 24.3 Å². The number of H-pyrrole nitrogens is 2. The molecule has 0 radical (unpaired) electrons. The molecule has 3 atom stereocenters. The minimum Gasteiger partial charge on any atom is -0.480 e. The van der Waals surface area contributed by atoms with Crippen LogP contribution in [-0.2, 0) is 32.0 Å². The molecule has 8 N–H and O–H groups in total. The second kappa shape index (κ2) is 12.7. The smallest absolute Gasteiger partial charge is 0.326 e. The Morgan fingerprint density at radius 3 is 2.32 bits per heavy atom. The van der Waals surface area contributed by atoms with Gasteiger partial charge in [-0.2, -0.15) is 0 Å². The number of hydrogen-bond donors (Lipinski definition) is 7. The third-order valence-corrected chi connectivity index (χ3v) is 5.87. The third kappa shape index (κ3) is 7.64. The normalized spacial score (nSPS) is 13.6. The number of nitrogens with zero attached hydrogens (tertiary/aromatic N) is 1. The number of carboxylic acid groups (broad SMARTS) is 1. The number of carbonyl (C=O) groups is 4. The molecule has 0 aliphatic carbocycles. The van der Waals surface area contributed by atoms with Crippen LogP contribution in [0.4, 0.5) is 0 Å². The number of aromatic amines is 2. The molecular weight excluding hydrogens is 478 g/mol. The molecule has 0 saturated heterocycles. The van der Waals surface area contributed by atoms with Gasteiger partial charge in [-0.3, -0.25) is 14.4 Å². The molecule has 0 fully saturated rings. The Bertz CT molecular complexity index is 1220. The molecule has 0 aliphatic heterocycles. The van der Waals surface area contributed by atoms with Crippen LogP contribution in [0.5, 0.6) is 0 Å². The van der Waals surface area contributed by atoms with Gasteiger partial charge >= 0.3 is 5.97 Å². The summed E-state index contributed by atoms with van der Waals surface area (Å²) in [6.45, 7) is 3.45. The molecular formula is C25H33N7O5. The summed E-state index contributed by atoms with van der Waals surface area (Å²) in [5.41, 5.74) is 7.61. The van der Waals surface area contributed by atoms with Gasteiger partial charge in [-0.15, -0.1) is 0 Å². The highest BCUT2D eigenvalue weighted by molar-refractivity contribution is 5.94. The van der Waals surface area contributed by atoms with Crippen LogP contribution in [-0.4, -0.2) is 68.4 Å². The fourth-order valence-corrected chi connectivity index (χ4v) is 4.05. The number of aliphatic carboxylic acids is 1. The van der Waals surface area contributed by atoms with Crippen molar-refractivity contribution in [3.63, 3.8) is 0 Å². The minimum atomic E-state index is -1.21. The lowest BCUT2D eigenvalue weighted by Crippen LogP contribution is -2.57. The molecule has 37 heavy (non-hydrogen) atoms. The average Bonchev–Trinajstić information content (AvgIpc) is 3.52. The molecule has 3 rings (SSSR count). The fourth-order valence-electron chi connectivity index (χ4n) is 4.05. The minimum absolute atomic E-state index is 0.0117. The number of para-hydroxylation sites is 1. The molecule has 3 amide bonds. The van der Waals surface area contributed by atoms with Crippen molar-refractivity contribution in [1.29, 1.82) is 0 Å². The molecule has 3 unspecified atom stereocenters. The highest BCUT2D eigenvalue weighted by Crippen LogP contribution is 2.19. The summed E-state index contributed by atoms with van der Waals surface area (Å²) in [6, 6.07) is 4.23. The SMILES string of the molecule is CC(C)CC(NC(=O)C(Cc1cnc[nH]1)NC(=O)CN)C(=O)NC(Cc1c[nH]c2ccccc12)C(=O)O. The fraction of sp³-hybridized carbons (Fsp3) is 0.400. The summed E-state index contributed by atoms with van der Waals surface area (Å²) in [7, 11) is 0. The Labute approximate surface area is 213 Å². The Balaban J connectivity index is 1.74. The first-order valence-electron chi connectivity index (χ1n) is 12.0. The van der Waals surface area contributed by atoms with E-state index in [1.54, 1.807) is 6.20 Å². The van der Waals surface area contributed by atoms with Crippen LogP contribution >= 0.6 is 0 Å². The zero-order valence-electron chi connectivity index (χ0n) is 20.8. The van der Waals surface area contributed by atoms with E-state index in [4.69, 9.17) is 5.73 Å². The number of benzene rings is 1. The maximum atomic E-state index is 13.2. The zero-order chi connectivity index (χ0) is 26.9. The Morgan fingerprint density at radius 2 is 1.68 bits per heavy atom. The first-order valence-corrected chi connectivity index (χ1v) is 12.0. The average molecular weight is 512 g/mol. The lowest BCUT2D eigenvalue weighted by atomic mass is 10.0. The summed E-state index contributed by atoms with van der Waals surface area (Å²) in [4.78, 5) is 60.2. The number of imidazole rings is 1. The van der Waals surface area contributed by atoms with Gasteiger partial charge in [-0.05, 0) is 24.0 Å². The second-order valence-electron chi connectivity index (χ2n) is 9.26. The summed E-state index contributed by atoms with van der Waals surface area (Å²) in [5.74, 6) is -2.94. The molecule has 0 bridgehead atoms. The summed E-state index contributed by atoms with van der Waals surface area (Å²) in [6.07, 6.45) is 5.12. The molecule has 198 valence electrons. The van der Waals surface area contributed by atoms with Gasteiger partial charge in [0.25, 0.3) is 0 Å². The van der Waals surface area contributed by atoms with Gasteiger partial charge in [0, 0.05) is 41.8 Å². The van der Waals surface area contributed by atoms with E-state index in [1.807, 2.05) is 38.1 Å². The van der Waals surface area contributed by atoms with E-state index < -0.39 is 41.8 Å². The van der Waals surface area contributed by atoms with Crippen LogP contribution in [0.3, 0.4) is 0 Å². The van der Waals surface area contributed by atoms with Gasteiger partial charge in [0.05, 0.1) is 12.9 Å². The summed E-state index contributed by atoms with van der Waals surface area (Å²) in [5, 5.41) is 18.5. The van der Waals surface area contributed by atoms with Gasteiger partial charge in [-0.1, -0.05) is 32.0 Å². The van der Waals surface area contributed by atoms with Gasteiger partial charge in [0.15, 0.2) is 0 Å². The highest BCUT2D eigenvalue weighted by Gasteiger charge is 2.30. The van der Waals surface area contributed by atoms with E-state index >= 15 is 0 Å². The number of fused-ring (bicyclic) bond motifs is 1. The van der Waals surface area contributed by atoms with Crippen molar-refractivity contribution in [2.24, 2.45) is 11.7 Å². The first kappa shape index (κ1) is 27.4. The highest BCUT2D eigenvalue weighted by atomic mass is 16.4. The van der Waals surface area contributed by atoms with Crippen LogP contribution in [0.2, 0.25) is 0 Å². The molecule has 2 heterocycles. The number of carboxylic acids is 1. The van der Waals surface area contributed by atoms with Crippen LogP contribution in [0, 0.1) is 5.92 Å². The van der Waals surface area contributed by atoms with Crippen molar-refractivity contribution in [2.75, 3.05) is 6.54 Å². The molecule has 0 spiro atoms. The van der Waals surface area contributed by atoms with E-state index in [9.17, 15) is 24.3 Å². The maximum absolute atomic E-state index is 13.2. The van der Waals surface area contributed by atoms with Crippen LogP contribution in [0.1, 0.15) is 31.5 Å². The molecule has 0 aliphatic rings. The first-order chi connectivity index (χ1) is 17.7. The van der Waals surface area contributed by atoms with E-state index in [1.165, 1.54) is 12.5 Å². The van der Waals surface area contributed by atoms with Crippen molar-refractivity contribution in [1.82, 2.24) is 30.9 Å². The van der Waals surface area contributed by atoms with E-state index in [0.717, 1.165) is 16.5 Å². The summed E-state index contributed by atoms with van der Waals surface area (Å²) >= 11 is 0. The molecule has 2 aromatic heterocycles. The van der Waals surface area contributed by atoms with Crippen molar-refractivity contribution in [3.8, 4) is 0 Å². The third-order valence-electron chi connectivity index (χ3n) is 5.87. The molecule has 12 heteroatoms. The number of nitrogens with two attached hydrogens (primary N) is 1. The van der Waals surface area contributed by atoms with Crippen LogP contribution in [0.25, 0.3) is 10.9 Å². The second-order valence-corrected chi connectivity index (χ2v) is 9.26. The summed E-state index contributed by atoms with van der Waals surface area (Å²) < 4.78 is 0. The van der Waals surface area contributed by atoms with E-state index in [0.29, 0.717) is 5.69 Å². The van der Waals surface area contributed by atoms with E-state index in [-0.39, 0.29) is 31.7 Å². The predicted octanol–water partition coefficient (Wildman–Crippen LogP) is 0.220. The maximum Gasteiger partial charge on any atom is 0.326 e. The number of rotatable bonds is 13. The standard InChI is InChI=1S/C25H33N7O5/c1-14(2)7-19(31-24(35)20(30-22(33)10-26)9-16-12-27-13-29-16)23(34)32-21(25(36)37)8-15-11-28-18-6-4-3-5-17(15)18/h3-6,11-14,19-21,28H,7-10,26H2,1-2H3,(H,27,29)(H,30,33)(H,31,35)(H,32,34)(H,36,37). The predicted molar refractivity (Wildman–Crippen MR) is 136 cm³/mol. The van der Waals surface area contributed by atoms with Gasteiger partial charge in [-0.25, -0.2) is 9.78 Å². The Morgan fingerprint density at radius 1 is 0.973 bits per heavy atom. The monoisotopic (exact) mass is 511 g/mol. The number of hydrogen-bond acceptors (Lipinski definition) is 6. The quantitative estimate of drug-likeness (QED) is 0.170. The van der Waals surface area contributed by atoms with Crippen molar-refractivity contribution in [2.45, 2.75) is 51.2 Å². The van der Waals surface area contributed by atoms with Crippen LogP contribution < -0.4 is 21.7 Å². The van der Waals surface area contributed by atoms with Crippen molar-refractivity contribution in [3.05, 3.63) is 54.2 Å². The zero-order valence-corrected chi connectivity index (χ0v) is 20.8. The number of amides is 3. The van der Waals surface area contributed by atoms with E-state index in [2.05, 4.69) is 30.9 Å². The largest absolute Gasteiger partial charge is 0.480 e. The molecule has 0 saturated carbocycles. The Hall–Kier alpha value is -4.19.